The Kier molecular flexibility index (Phi) is 5.63. The van der Waals surface area contributed by atoms with E-state index in [1.165, 1.54) is 0 Å². The number of fused-ring (bicyclic) bond motifs is 1. The summed E-state index contributed by atoms with van der Waals surface area (Å²) in [4.78, 5) is 36.0. The highest BCUT2D eigenvalue weighted by Crippen LogP contribution is 2.61. The van der Waals surface area contributed by atoms with E-state index in [1.54, 1.807) is 6.07 Å². The second kappa shape index (κ2) is 7.58. The van der Waals surface area contributed by atoms with Crippen LogP contribution in [0.3, 0.4) is 0 Å². The normalized spacial score (nSPS) is 28.4. The zero-order valence-electron chi connectivity index (χ0n) is 18.2. The van der Waals surface area contributed by atoms with Crippen molar-refractivity contribution in [2.45, 2.75) is 60.5 Å². The van der Waals surface area contributed by atoms with Gasteiger partial charge in [0.2, 0.25) is 0 Å². The van der Waals surface area contributed by atoms with Crippen LogP contribution in [-0.4, -0.2) is 24.3 Å². The molecular weight excluding hydrogens is 368 g/mol. The first-order valence-corrected chi connectivity index (χ1v) is 10.4. The molecule has 0 radical (unpaired) electrons. The number of carbonyl (C=O) groups excluding carboxylic acids is 3. The number of ether oxygens (including phenoxy) is 2. The van der Waals surface area contributed by atoms with Crippen molar-refractivity contribution in [2.24, 2.45) is 34.5 Å². The lowest BCUT2D eigenvalue weighted by Gasteiger charge is -2.27. The van der Waals surface area contributed by atoms with Crippen molar-refractivity contribution in [3.05, 3.63) is 29.8 Å². The lowest BCUT2D eigenvalue weighted by molar-refractivity contribution is -0.161. The summed E-state index contributed by atoms with van der Waals surface area (Å²) in [5, 5.41) is 0. The van der Waals surface area contributed by atoms with E-state index in [1.807, 2.05) is 59.7 Å². The van der Waals surface area contributed by atoms with E-state index in [2.05, 4.69) is 0 Å². The van der Waals surface area contributed by atoms with E-state index >= 15 is 0 Å². The molecular formula is C24H32O5. The molecule has 0 aliphatic heterocycles. The van der Waals surface area contributed by atoms with Crippen LogP contribution < -0.4 is 4.74 Å². The molecule has 0 heterocycles. The van der Waals surface area contributed by atoms with E-state index in [-0.39, 0.29) is 35.8 Å². The number of hydrogen-bond donors (Lipinski definition) is 0. The van der Waals surface area contributed by atoms with Gasteiger partial charge in [0.1, 0.15) is 18.1 Å². The van der Waals surface area contributed by atoms with Crippen LogP contribution >= 0.6 is 0 Å². The van der Waals surface area contributed by atoms with Gasteiger partial charge in [-0.05, 0) is 83.9 Å². The Balaban J connectivity index is 1.74. The number of benzene rings is 1. The highest BCUT2D eigenvalue weighted by atomic mass is 16.5. The average molecular weight is 401 g/mol. The van der Waals surface area contributed by atoms with Gasteiger partial charge < -0.3 is 14.3 Å². The third-order valence-corrected chi connectivity index (χ3v) is 5.99. The van der Waals surface area contributed by atoms with Crippen molar-refractivity contribution in [3.63, 3.8) is 0 Å². The molecule has 1 aromatic rings. The fourth-order valence-electron chi connectivity index (χ4n) is 4.21. The van der Waals surface area contributed by atoms with Gasteiger partial charge in [-0.2, -0.15) is 0 Å². The summed E-state index contributed by atoms with van der Waals surface area (Å²) in [7, 11) is 0. The summed E-state index contributed by atoms with van der Waals surface area (Å²) in [6.45, 7) is 11.0. The monoisotopic (exact) mass is 400 g/mol. The molecule has 2 aliphatic carbocycles. The van der Waals surface area contributed by atoms with Crippen LogP contribution in [0.15, 0.2) is 24.3 Å². The summed E-state index contributed by atoms with van der Waals surface area (Å²) < 4.78 is 11.4. The van der Waals surface area contributed by atoms with Crippen molar-refractivity contribution >= 4 is 18.2 Å². The van der Waals surface area contributed by atoms with Crippen LogP contribution in [0.1, 0.15) is 53.5 Å². The summed E-state index contributed by atoms with van der Waals surface area (Å²) in [6.07, 6.45) is 2.31. The molecule has 0 aromatic heterocycles. The number of aldehydes is 1. The summed E-state index contributed by atoms with van der Waals surface area (Å²) >= 11 is 0. The van der Waals surface area contributed by atoms with Crippen molar-refractivity contribution in [1.82, 2.24) is 0 Å². The van der Waals surface area contributed by atoms with Gasteiger partial charge in [-0.15, -0.1) is 0 Å². The predicted octanol–water partition coefficient (Wildman–Crippen LogP) is 4.22. The minimum absolute atomic E-state index is 0.0755. The van der Waals surface area contributed by atoms with Gasteiger partial charge in [-0.1, -0.05) is 12.1 Å². The molecule has 5 unspecified atom stereocenters. The van der Waals surface area contributed by atoms with Gasteiger partial charge in [0.05, 0.1) is 10.8 Å². The average Bonchev–Trinajstić information content (AvgIpc) is 3.19. The molecule has 0 bridgehead atoms. The van der Waals surface area contributed by atoms with E-state index in [4.69, 9.17) is 9.47 Å². The molecule has 0 N–H and O–H groups in total. The zero-order chi connectivity index (χ0) is 21.6. The van der Waals surface area contributed by atoms with Gasteiger partial charge in [-0.25, -0.2) is 0 Å². The minimum atomic E-state index is -0.577. The van der Waals surface area contributed by atoms with Gasteiger partial charge in [0.25, 0.3) is 0 Å². The smallest absolute Gasteiger partial charge is 0.316 e. The Morgan fingerprint density at radius 2 is 1.72 bits per heavy atom. The molecule has 0 amide bonds. The van der Waals surface area contributed by atoms with Crippen molar-refractivity contribution in [1.29, 1.82) is 0 Å². The fraction of sp³-hybridized carbons (Fsp3) is 0.625. The van der Waals surface area contributed by atoms with Crippen LogP contribution in [-0.2, 0) is 25.5 Å². The first-order valence-electron chi connectivity index (χ1n) is 10.4. The van der Waals surface area contributed by atoms with Crippen LogP contribution in [0.25, 0.3) is 0 Å². The van der Waals surface area contributed by atoms with Gasteiger partial charge in [0, 0.05) is 11.8 Å². The largest absolute Gasteiger partial charge is 0.462 e. The Labute approximate surface area is 173 Å². The molecule has 158 valence electrons. The maximum Gasteiger partial charge on any atom is 0.316 e. The van der Waals surface area contributed by atoms with Crippen LogP contribution in [0.5, 0.6) is 5.75 Å². The van der Waals surface area contributed by atoms with E-state index in [0.717, 1.165) is 18.3 Å². The van der Waals surface area contributed by atoms with E-state index in [0.29, 0.717) is 18.1 Å². The third-order valence-electron chi connectivity index (χ3n) is 5.99. The Morgan fingerprint density at radius 1 is 1.07 bits per heavy atom. The highest BCUT2D eigenvalue weighted by Gasteiger charge is 2.62. The molecule has 2 aliphatic rings. The Bertz CT molecular complexity index is 798. The summed E-state index contributed by atoms with van der Waals surface area (Å²) in [6, 6.07) is 7.50. The molecule has 3 rings (SSSR count). The van der Waals surface area contributed by atoms with Gasteiger partial charge in [-0.3, -0.25) is 9.59 Å². The van der Waals surface area contributed by atoms with Crippen LogP contribution in [0.2, 0.25) is 0 Å². The van der Waals surface area contributed by atoms with Crippen LogP contribution in [0.4, 0.5) is 0 Å². The molecule has 5 heteroatoms. The van der Waals surface area contributed by atoms with E-state index in [9.17, 15) is 14.4 Å². The molecule has 5 nitrogen and oxygen atoms in total. The Morgan fingerprint density at radius 3 is 2.31 bits per heavy atom. The standard InChI is InChI=1S/C24H32O5/c1-23(2,3)21(26)28-15-9-7-8-14(10-15)11-17-19(29-22(27)24(4,5)6)12-16-18(13-25)20(16)17/h7-10,13,16-20H,11-12H2,1-6H3. The minimum Gasteiger partial charge on any atom is -0.462 e. The molecule has 5 atom stereocenters. The molecule has 1 aromatic carbocycles. The van der Waals surface area contributed by atoms with Crippen molar-refractivity contribution in [2.75, 3.05) is 0 Å². The fourth-order valence-corrected chi connectivity index (χ4v) is 4.21. The molecule has 2 saturated carbocycles. The van der Waals surface area contributed by atoms with Crippen molar-refractivity contribution < 1.29 is 23.9 Å². The SMILES string of the molecule is CC(C)(C)C(=O)Oc1cccc(CC2C(OC(=O)C(C)(C)C)CC3C(C=O)C23)c1. The maximum absolute atomic E-state index is 12.4. The first-order chi connectivity index (χ1) is 13.4. The highest BCUT2D eigenvalue weighted by molar-refractivity contribution is 5.78. The van der Waals surface area contributed by atoms with E-state index < -0.39 is 10.8 Å². The lowest BCUT2D eigenvalue weighted by atomic mass is 9.89. The second-order valence-corrected chi connectivity index (χ2v) is 10.5. The van der Waals surface area contributed by atoms with Gasteiger partial charge >= 0.3 is 11.9 Å². The topological polar surface area (TPSA) is 69.7 Å². The maximum atomic E-state index is 12.4. The number of carbonyl (C=O) groups is 3. The van der Waals surface area contributed by atoms with Gasteiger partial charge in [0.15, 0.2) is 0 Å². The van der Waals surface area contributed by atoms with Crippen LogP contribution in [0, 0.1) is 34.5 Å². The number of hydrogen-bond acceptors (Lipinski definition) is 5. The molecule has 0 saturated heterocycles. The van der Waals surface area contributed by atoms with Crippen molar-refractivity contribution in [3.8, 4) is 5.75 Å². The number of rotatable bonds is 5. The lowest BCUT2D eigenvalue weighted by Crippen LogP contribution is -2.33. The molecule has 2 fully saturated rings. The Hall–Kier alpha value is -2.17. The summed E-state index contributed by atoms with van der Waals surface area (Å²) in [5.41, 5.74) is -0.113. The first kappa shape index (κ1) is 21.5. The quantitative estimate of drug-likeness (QED) is 0.420. The molecule has 29 heavy (non-hydrogen) atoms. The zero-order valence-corrected chi connectivity index (χ0v) is 18.2. The number of esters is 2. The second-order valence-electron chi connectivity index (χ2n) is 10.5. The summed E-state index contributed by atoms with van der Waals surface area (Å²) in [5.74, 6) is 0.799. The predicted molar refractivity (Wildman–Crippen MR) is 109 cm³/mol. The molecule has 0 spiro atoms. The third kappa shape index (κ3) is 4.71.